The second-order valence-electron chi connectivity index (χ2n) is 6.63. The number of hydrogen-bond donors (Lipinski definition) is 2. The summed E-state index contributed by atoms with van der Waals surface area (Å²) in [5.74, 6) is 0.175. The average molecular weight is 436 g/mol. The zero-order chi connectivity index (χ0) is 22.2. The molecule has 2 amide bonds. The lowest BCUT2D eigenvalue weighted by atomic mass is 10.1. The molecule has 3 aromatic carbocycles. The molecule has 0 aliphatic heterocycles. The Bertz CT molecular complexity index is 1080. The van der Waals surface area contributed by atoms with E-state index in [4.69, 9.17) is 16.3 Å². The standard InChI is InChI=1S/C24H22ClN3O3/c1-3-31-22-14-8-19(9-15-22)24(30)28-27-16(2)17-6-12-21(13-7-17)26-23(29)18-4-10-20(25)11-5-18/h4-15H,3H2,1-2H3,(H,26,29)(H,28,30)/b27-16-. The van der Waals surface area contributed by atoms with Gasteiger partial charge in [0.05, 0.1) is 12.3 Å². The van der Waals surface area contributed by atoms with Crippen molar-refractivity contribution in [3.05, 3.63) is 94.5 Å². The van der Waals surface area contributed by atoms with Gasteiger partial charge >= 0.3 is 0 Å². The molecule has 7 heteroatoms. The van der Waals surface area contributed by atoms with Crippen LogP contribution in [0.4, 0.5) is 5.69 Å². The first-order valence-corrected chi connectivity index (χ1v) is 10.1. The van der Waals surface area contributed by atoms with Crippen molar-refractivity contribution in [2.24, 2.45) is 5.10 Å². The summed E-state index contributed by atoms with van der Waals surface area (Å²) >= 11 is 5.85. The Kier molecular flexibility index (Phi) is 7.40. The largest absolute Gasteiger partial charge is 0.494 e. The fourth-order valence-corrected chi connectivity index (χ4v) is 2.86. The van der Waals surface area contributed by atoms with Gasteiger partial charge in [0.2, 0.25) is 0 Å². The third-order valence-corrected chi connectivity index (χ3v) is 4.67. The number of hydrazone groups is 1. The first-order valence-electron chi connectivity index (χ1n) is 9.71. The minimum Gasteiger partial charge on any atom is -0.494 e. The van der Waals surface area contributed by atoms with Crippen LogP contribution >= 0.6 is 11.6 Å². The summed E-state index contributed by atoms with van der Waals surface area (Å²) in [5.41, 5.74) is 5.65. The van der Waals surface area contributed by atoms with Gasteiger partial charge in [0, 0.05) is 21.8 Å². The summed E-state index contributed by atoms with van der Waals surface area (Å²) < 4.78 is 5.37. The fraction of sp³-hybridized carbons (Fsp3) is 0.125. The molecule has 0 radical (unpaired) electrons. The lowest BCUT2D eigenvalue weighted by Crippen LogP contribution is -2.19. The van der Waals surface area contributed by atoms with E-state index in [-0.39, 0.29) is 11.8 Å². The van der Waals surface area contributed by atoms with Gasteiger partial charge in [0.25, 0.3) is 11.8 Å². The predicted molar refractivity (Wildman–Crippen MR) is 123 cm³/mol. The van der Waals surface area contributed by atoms with Crippen molar-refractivity contribution < 1.29 is 14.3 Å². The number of nitrogens with zero attached hydrogens (tertiary/aromatic N) is 1. The Labute approximate surface area is 185 Å². The summed E-state index contributed by atoms with van der Waals surface area (Å²) in [6, 6.07) is 20.7. The first kappa shape index (κ1) is 22.1. The minimum atomic E-state index is -0.311. The van der Waals surface area contributed by atoms with E-state index in [1.165, 1.54) is 0 Å². The van der Waals surface area contributed by atoms with Crippen LogP contribution in [0.1, 0.15) is 40.1 Å². The van der Waals surface area contributed by atoms with E-state index in [9.17, 15) is 9.59 Å². The number of carbonyl (C=O) groups is 2. The van der Waals surface area contributed by atoms with Crippen LogP contribution in [0.15, 0.2) is 77.9 Å². The van der Waals surface area contributed by atoms with E-state index in [0.717, 1.165) is 5.56 Å². The third-order valence-electron chi connectivity index (χ3n) is 4.42. The molecule has 0 heterocycles. The molecule has 0 fully saturated rings. The van der Waals surface area contributed by atoms with Crippen molar-refractivity contribution in [1.29, 1.82) is 0 Å². The van der Waals surface area contributed by atoms with Crippen LogP contribution in [0, 0.1) is 0 Å². The van der Waals surface area contributed by atoms with Gasteiger partial charge in [-0.15, -0.1) is 0 Å². The van der Waals surface area contributed by atoms with Crippen LogP contribution in [0.25, 0.3) is 0 Å². The summed E-state index contributed by atoms with van der Waals surface area (Å²) in [7, 11) is 0. The molecule has 0 saturated carbocycles. The minimum absolute atomic E-state index is 0.225. The third kappa shape index (κ3) is 6.17. The van der Waals surface area contributed by atoms with Crippen LogP contribution < -0.4 is 15.5 Å². The first-order chi connectivity index (χ1) is 15.0. The molecule has 31 heavy (non-hydrogen) atoms. The number of benzene rings is 3. The quantitative estimate of drug-likeness (QED) is 0.398. The van der Waals surface area contributed by atoms with Crippen LogP contribution in [0.2, 0.25) is 5.02 Å². The van der Waals surface area contributed by atoms with Crippen molar-refractivity contribution in [3.8, 4) is 5.75 Å². The molecule has 0 unspecified atom stereocenters. The molecule has 6 nitrogen and oxygen atoms in total. The van der Waals surface area contributed by atoms with E-state index >= 15 is 0 Å². The molecule has 0 bridgehead atoms. The second-order valence-corrected chi connectivity index (χ2v) is 7.07. The van der Waals surface area contributed by atoms with Gasteiger partial charge in [-0.05, 0) is 80.1 Å². The highest BCUT2D eigenvalue weighted by molar-refractivity contribution is 6.30. The number of halogens is 1. The Balaban J connectivity index is 1.59. The lowest BCUT2D eigenvalue weighted by Gasteiger charge is -2.07. The molecule has 0 spiro atoms. The van der Waals surface area contributed by atoms with Crippen LogP contribution in [-0.2, 0) is 0 Å². The molecule has 0 atom stereocenters. The zero-order valence-corrected chi connectivity index (χ0v) is 17.9. The number of nitrogens with one attached hydrogen (secondary N) is 2. The summed E-state index contributed by atoms with van der Waals surface area (Å²) in [6.45, 7) is 4.26. The van der Waals surface area contributed by atoms with Crippen LogP contribution in [0.3, 0.4) is 0 Å². The fourth-order valence-electron chi connectivity index (χ4n) is 2.73. The normalized spacial score (nSPS) is 11.0. The van der Waals surface area contributed by atoms with Crippen LogP contribution in [0.5, 0.6) is 5.75 Å². The number of hydrogen-bond acceptors (Lipinski definition) is 4. The predicted octanol–water partition coefficient (Wildman–Crippen LogP) is 5.15. The van der Waals surface area contributed by atoms with Gasteiger partial charge in [-0.25, -0.2) is 5.43 Å². The van der Waals surface area contributed by atoms with Crippen molar-refractivity contribution >= 4 is 34.8 Å². The summed E-state index contributed by atoms with van der Waals surface area (Å²) in [5, 5.41) is 7.56. The van der Waals surface area contributed by atoms with Crippen molar-refractivity contribution in [1.82, 2.24) is 5.43 Å². The smallest absolute Gasteiger partial charge is 0.271 e. The number of carbonyl (C=O) groups excluding carboxylic acids is 2. The summed E-state index contributed by atoms with van der Waals surface area (Å²) in [6.07, 6.45) is 0. The molecular formula is C24H22ClN3O3. The van der Waals surface area contributed by atoms with Crippen molar-refractivity contribution in [3.63, 3.8) is 0 Å². The van der Waals surface area contributed by atoms with Gasteiger partial charge in [-0.1, -0.05) is 23.7 Å². The molecule has 0 saturated heterocycles. The molecule has 3 aromatic rings. The SMILES string of the molecule is CCOc1ccc(C(=O)N/N=C(/C)c2ccc(NC(=O)c3ccc(Cl)cc3)cc2)cc1. The number of anilines is 1. The highest BCUT2D eigenvalue weighted by atomic mass is 35.5. The van der Waals surface area contributed by atoms with E-state index in [0.29, 0.717) is 39.9 Å². The van der Waals surface area contributed by atoms with E-state index in [1.54, 1.807) is 67.6 Å². The van der Waals surface area contributed by atoms with Gasteiger partial charge in [0.1, 0.15) is 5.75 Å². The zero-order valence-electron chi connectivity index (χ0n) is 17.2. The maximum absolute atomic E-state index is 12.3. The molecule has 2 N–H and O–H groups in total. The Hall–Kier alpha value is -3.64. The van der Waals surface area contributed by atoms with Gasteiger partial charge in [-0.3, -0.25) is 9.59 Å². The highest BCUT2D eigenvalue weighted by Crippen LogP contribution is 2.15. The molecule has 3 rings (SSSR count). The van der Waals surface area contributed by atoms with Gasteiger partial charge in [-0.2, -0.15) is 5.10 Å². The van der Waals surface area contributed by atoms with Crippen LogP contribution in [-0.4, -0.2) is 24.1 Å². The molecule has 0 aromatic heterocycles. The Morgan fingerprint density at radius 1 is 0.839 bits per heavy atom. The van der Waals surface area contributed by atoms with Gasteiger partial charge in [0.15, 0.2) is 0 Å². The van der Waals surface area contributed by atoms with Crippen molar-refractivity contribution in [2.45, 2.75) is 13.8 Å². The lowest BCUT2D eigenvalue weighted by molar-refractivity contribution is 0.0954. The van der Waals surface area contributed by atoms with E-state index in [1.807, 2.05) is 19.1 Å². The molecule has 158 valence electrons. The van der Waals surface area contributed by atoms with Crippen molar-refractivity contribution in [2.75, 3.05) is 11.9 Å². The molecule has 0 aliphatic rings. The highest BCUT2D eigenvalue weighted by Gasteiger charge is 2.08. The molecular weight excluding hydrogens is 414 g/mol. The Morgan fingerprint density at radius 2 is 1.39 bits per heavy atom. The van der Waals surface area contributed by atoms with E-state index < -0.39 is 0 Å². The second kappa shape index (κ2) is 10.4. The average Bonchev–Trinajstić information content (AvgIpc) is 2.79. The monoisotopic (exact) mass is 435 g/mol. The van der Waals surface area contributed by atoms with E-state index in [2.05, 4.69) is 15.8 Å². The summed E-state index contributed by atoms with van der Waals surface area (Å²) in [4.78, 5) is 24.5. The maximum atomic E-state index is 12.3. The number of ether oxygens (including phenoxy) is 1. The maximum Gasteiger partial charge on any atom is 0.271 e. The Morgan fingerprint density at radius 3 is 2.00 bits per heavy atom. The number of amides is 2. The molecule has 0 aliphatic carbocycles. The van der Waals surface area contributed by atoms with Gasteiger partial charge < -0.3 is 10.1 Å². The number of rotatable bonds is 7. The topological polar surface area (TPSA) is 79.8 Å².